The first-order chi connectivity index (χ1) is 9.54. The number of nitrogens with zero attached hydrogens (tertiary/aromatic N) is 2. The summed E-state index contributed by atoms with van der Waals surface area (Å²) >= 11 is 0. The largest absolute Gasteiger partial charge is 0.393 e. The second-order valence-corrected chi connectivity index (χ2v) is 5.91. The number of nitro groups is 1. The number of likely N-dealkylation sites (tertiary alicyclic amines) is 1. The summed E-state index contributed by atoms with van der Waals surface area (Å²) in [4.78, 5) is 12.6. The fourth-order valence-electron chi connectivity index (χ4n) is 3.58. The molecule has 1 saturated carbocycles. The van der Waals surface area contributed by atoms with Crippen LogP contribution < -0.4 is 5.73 Å². The lowest BCUT2D eigenvalue weighted by Crippen LogP contribution is -2.24. The third-order valence-corrected chi connectivity index (χ3v) is 4.59. The molecule has 3 atom stereocenters. The Bertz CT molecular complexity index is 534. The Hall–Kier alpha value is -1.66. The van der Waals surface area contributed by atoms with Gasteiger partial charge in [-0.15, -0.1) is 0 Å². The normalized spacial score (nSPS) is 29.6. The molecule has 6 heteroatoms. The Balaban J connectivity index is 1.67. The van der Waals surface area contributed by atoms with Gasteiger partial charge in [0.05, 0.1) is 11.0 Å². The maximum atomic E-state index is 10.7. The van der Waals surface area contributed by atoms with Crippen molar-refractivity contribution in [1.29, 1.82) is 0 Å². The van der Waals surface area contributed by atoms with Crippen LogP contribution in [0.2, 0.25) is 0 Å². The Kier molecular flexibility index (Phi) is 3.35. The Morgan fingerprint density at radius 2 is 2.20 bits per heavy atom. The molecule has 0 amide bonds. The zero-order chi connectivity index (χ0) is 14.3. The summed E-state index contributed by atoms with van der Waals surface area (Å²) in [6.07, 6.45) is 1.87. The molecule has 20 heavy (non-hydrogen) atoms. The number of benzene rings is 1. The zero-order valence-electron chi connectivity index (χ0n) is 11.2. The van der Waals surface area contributed by atoms with E-state index in [-0.39, 0.29) is 17.5 Å². The van der Waals surface area contributed by atoms with Gasteiger partial charge < -0.3 is 10.8 Å². The number of nitrogen functional groups attached to an aromatic ring is 1. The third kappa shape index (κ3) is 2.36. The average Bonchev–Trinajstić information content (AvgIpc) is 2.91. The molecule has 0 radical (unpaired) electrons. The molecular weight excluding hydrogens is 258 g/mol. The molecule has 1 saturated heterocycles. The molecule has 3 N–H and O–H groups in total. The highest BCUT2D eigenvalue weighted by atomic mass is 16.6. The molecule has 1 aromatic carbocycles. The summed E-state index contributed by atoms with van der Waals surface area (Å²) in [5, 5.41) is 20.6. The van der Waals surface area contributed by atoms with Crippen molar-refractivity contribution >= 4 is 11.4 Å². The lowest BCUT2D eigenvalue weighted by molar-refractivity contribution is -0.383. The highest BCUT2D eigenvalue weighted by Crippen LogP contribution is 2.38. The summed E-state index contributed by atoms with van der Waals surface area (Å²) in [5.74, 6) is 0.991. The maximum absolute atomic E-state index is 10.7. The highest BCUT2D eigenvalue weighted by molar-refractivity contribution is 5.59. The Morgan fingerprint density at radius 1 is 1.40 bits per heavy atom. The molecule has 0 aromatic heterocycles. The van der Waals surface area contributed by atoms with Crippen molar-refractivity contribution in [2.75, 3.05) is 18.8 Å². The second-order valence-electron chi connectivity index (χ2n) is 5.91. The number of hydrogen-bond acceptors (Lipinski definition) is 5. The van der Waals surface area contributed by atoms with Crippen LogP contribution >= 0.6 is 0 Å². The van der Waals surface area contributed by atoms with Crippen LogP contribution in [-0.4, -0.2) is 34.1 Å². The van der Waals surface area contributed by atoms with E-state index in [0.717, 1.165) is 38.0 Å². The first-order valence-electron chi connectivity index (χ1n) is 6.98. The molecule has 3 rings (SSSR count). The molecule has 2 fully saturated rings. The quantitative estimate of drug-likeness (QED) is 0.494. The number of fused-ring (bicyclic) bond motifs is 1. The number of hydrogen-bond donors (Lipinski definition) is 2. The zero-order valence-corrected chi connectivity index (χ0v) is 11.2. The third-order valence-electron chi connectivity index (χ3n) is 4.59. The fourth-order valence-corrected chi connectivity index (χ4v) is 3.58. The predicted molar refractivity (Wildman–Crippen MR) is 75.0 cm³/mol. The summed E-state index contributed by atoms with van der Waals surface area (Å²) in [7, 11) is 0. The Labute approximate surface area is 117 Å². The van der Waals surface area contributed by atoms with Gasteiger partial charge in [-0.2, -0.15) is 0 Å². The van der Waals surface area contributed by atoms with Gasteiger partial charge in [0.2, 0.25) is 0 Å². The van der Waals surface area contributed by atoms with Crippen LogP contribution in [0.4, 0.5) is 11.4 Å². The van der Waals surface area contributed by atoms with E-state index < -0.39 is 4.92 Å². The van der Waals surface area contributed by atoms with Gasteiger partial charge >= 0.3 is 0 Å². The maximum Gasteiger partial charge on any atom is 0.292 e. The van der Waals surface area contributed by atoms with Gasteiger partial charge in [0.25, 0.3) is 5.69 Å². The Morgan fingerprint density at radius 3 is 2.85 bits per heavy atom. The van der Waals surface area contributed by atoms with Crippen molar-refractivity contribution in [3.05, 3.63) is 33.9 Å². The molecule has 6 nitrogen and oxygen atoms in total. The van der Waals surface area contributed by atoms with Gasteiger partial charge in [0.1, 0.15) is 5.69 Å². The SMILES string of the molecule is Nc1cc(CN2CC3CCC(O)C3C2)ccc1[N+](=O)[O-]. The van der Waals surface area contributed by atoms with Crippen LogP contribution in [-0.2, 0) is 6.54 Å². The van der Waals surface area contributed by atoms with Crippen molar-refractivity contribution in [2.24, 2.45) is 11.8 Å². The van der Waals surface area contributed by atoms with Crippen LogP contribution in [0.5, 0.6) is 0 Å². The van der Waals surface area contributed by atoms with Gasteiger partial charge in [-0.25, -0.2) is 0 Å². The van der Waals surface area contributed by atoms with Crippen LogP contribution in [0.1, 0.15) is 18.4 Å². The standard InChI is InChI=1S/C14H19N3O3/c15-12-5-9(1-3-13(12)17(19)20)6-16-7-10-2-4-14(18)11(10)8-16/h1,3,5,10-11,14,18H,2,4,6-8,15H2. The highest BCUT2D eigenvalue weighted by Gasteiger charge is 2.41. The van der Waals surface area contributed by atoms with E-state index in [4.69, 9.17) is 5.73 Å². The topological polar surface area (TPSA) is 92.6 Å². The van der Waals surface area contributed by atoms with Crippen LogP contribution in [0.25, 0.3) is 0 Å². The van der Waals surface area contributed by atoms with Gasteiger partial charge in [0, 0.05) is 31.6 Å². The number of anilines is 1. The number of aliphatic hydroxyl groups is 1. The molecule has 1 aromatic rings. The van der Waals surface area contributed by atoms with E-state index >= 15 is 0 Å². The van der Waals surface area contributed by atoms with Gasteiger partial charge in [0.15, 0.2) is 0 Å². The molecule has 3 unspecified atom stereocenters. The molecule has 0 bridgehead atoms. The first-order valence-corrected chi connectivity index (χ1v) is 6.98. The van der Waals surface area contributed by atoms with Crippen LogP contribution in [0.3, 0.4) is 0 Å². The minimum Gasteiger partial charge on any atom is -0.393 e. The van der Waals surface area contributed by atoms with Crippen molar-refractivity contribution in [3.63, 3.8) is 0 Å². The minimum absolute atomic E-state index is 0.0394. The van der Waals surface area contributed by atoms with Gasteiger partial charge in [-0.05, 0) is 30.4 Å². The molecular formula is C14H19N3O3. The fraction of sp³-hybridized carbons (Fsp3) is 0.571. The lowest BCUT2D eigenvalue weighted by atomic mass is 10.00. The lowest BCUT2D eigenvalue weighted by Gasteiger charge is -2.18. The minimum atomic E-state index is -0.463. The predicted octanol–water partition coefficient (Wildman–Crippen LogP) is 1.38. The molecule has 1 aliphatic heterocycles. The van der Waals surface area contributed by atoms with Gasteiger partial charge in [-0.3, -0.25) is 15.0 Å². The van der Waals surface area contributed by atoms with Crippen molar-refractivity contribution in [3.8, 4) is 0 Å². The second kappa shape index (κ2) is 5.03. The summed E-state index contributed by atoms with van der Waals surface area (Å²) in [6, 6.07) is 4.91. The van der Waals surface area contributed by atoms with E-state index in [0.29, 0.717) is 11.8 Å². The average molecular weight is 277 g/mol. The number of nitro benzene ring substituents is 1. The van der Waals surface area contributed by atoms with E-state index in [2.05, 4.69) is 4.90 Å². The molecule has 108 valence electrons. The summed E-state index contributed by atoms with van der Waals surface area (Å²) < 4.78 is 0. The van der Waals surface area contributed by atoms with E-state index in [1.165, 1.54) is 6.07 Å². The van der Waals surface area contributed by atoms with Crippen LogP contribution in [0, 0.1) is 22.0 Å². The van der Waals surface area contributed by atoms with Crippen molar-refractivity contribution in [2.45, 2.75) is 25.5 Å². The first kappa shape index (κ1) is 13.3. The van der Waals surface area contributed by atoms with E-state index in [1.54, 1.807) is 12.1 Å². The molecule has 1 heterocycles. The molecule has 1 aliphatic carbocycles. The smallest absolute Gasteiger partial charge is 0.292 e. The monoisotopic (exact) mass is 277 g/mol. The van der Waals surface area contributed by atoms with Gasteiger partial charge in [-0.1, -0.05) is 6.07 Å². The van der Waals surface area contributed by atoms with E-state index in [1.807, 2.05) is 0 Å². The summed E-state index contributed by atoms with van der Waals surface area (Å²) in [5.41, 5.74) is 6.87. The van der Waals surface area contributed by atoms with Crippen molar-refractivity contribution < 1.29 is 10.0 Å². The van der Waals surface area contributed by atoms with E-state index in [9.17, 15) is 15.2 Å². The van der Waals surface area contributed by atoms with Crippen molar-refractivity contribution in [1.82, 2.24) is 4.90 Å². The van der Waals surface area contributed by atoms with Crippen LogP contribution in [0.15, 0.2) is 18.2 Å². The number of rotatable bonds is 3. The summed E-state index contributed by atoms with van der Waals surface area (Å²) in [6.45, 7) is 2.64. The number of aliphatic hydroxyl groups excluding tert-OH is 1. The molecule has 0 spiro atoms. The molecule has 2 aliphatic rings. The number of nitrogens with two attached hydrogens (primary N) is 1.